The molecule has 1 atom stereocenters. The predicted octanol–water partition coefficient (Wildman–Crippen LogP) is 6.14. The normalized spacial score (nSPS) is 18.1. The van der Waals surface area contributed by atoms with Crippen LogP contribution in [-0.4, -0.2) is 58.4 Å². The van der Waals surface area contributed by atoms with Crippen molar-refractivity contribution in [3.63, 3.8) is 0 Å². The van der Waals surface area contributed by atoms with Crippen molar-refractivity contribution in [3.8, 4) is 5.75 Å². The predicted molar refractivity (Wildman–Crippen MR) is 175 cm³/mol. The number of aromatic nitrogens is 3. The van der Waals surface area contributed by atoms with Crippen molar-refractivity contribution in [3.05, 3.63) is 87.8 Å². The molecule has 3 heterocycles. The molecule has 2 aromatic carbocycles. The van der Waals surface area contributed by atoms with E-state index >= 15 is 0 Å². The maximum absolute atomic E-state index is 13.5. The van der Waals surface area contributed by atoms with Crippen molar-refractivity contribution in [2.45, 2.75) is 70.4 Å². The molecule has 1 amide bonds. The fourth-order valence-electron chi connectivity index (χ4n) is 7.37. The molecule has 1 aliphatic heterocycles. The van der Waals surface area contributed by atoms with E-state index in [1.54, 1.807) is 31.6 Å². The van der Waals surface area contributed by atoms with Crippen LogP contribution in [0.3, 0.4) is 0 Å². The van der Waals surface area contributed by atoms with Crippen LogP contribution < -0.4 is 15.5 Å². The van der Waals surface area contributed by atoms with E-state index in [1.165, 1.54) is 38.2 Å². The topological polar surface area (TPSA) is 102 Å². The second-order valence-corrected chi connectivity index (χ2v) is 13.2. The Hall–Kier alpha value is -3.69. The number of methoxy groups -OCH3 is 1. The van der Waals surface area contributed by atoms with E-state index in [0.717, 1.165) is 56.9 Å². The van der Waals surface area contributed by atoms with Crippen molar-refractivity contribution in [1.82, 2.24) is 25.0 Å². The third-order valence-corrected chi connectivity index (χ3v) is 10.2. The number of halogens is 1. The van der Waals surface area contributed by atoms with Crippen LogP contribution in [-0.2, 0) is 13.0 Å². The van der Waals surface area contributed by atoms with Crippen molar-refractivity contribution in [1.29, 1.82) is 0 Å². The summed E-state index contributed by atoms with van der Waals surface area (Å²) in [6, 6.07) is 13.8. The van der Waals surface area contributed by atoms with Gasteiger partial charge in [0.1, 0.15) is 24.0 Å². The zero-order valence-electron chi connectivity index (χ0n) is 25.9. The van der Waals surface area contributed by atoms with E-state index in [2.05, 4.69) is 20.3 Å². The Labute approximate surface area is 268 Å². The van der Waals surface area contributed by atoms with Gasteiger partial charge in [0.25, 0.3) is 5.91 Å². The third kappa shape index (κ3) is 7.59. The molecular weight excluding hydrogens is 590 g/mol. The number of rotatable bonds is 11. The first-order chi connectivity index (χ1) is 21.9. The van der Waals surface area contributed by atoms with Gasteiger partial charge >= 0.3 is 0 Å². The molecule has 10 heteroatoms. The number of ether oxygens (including phenoxy) is 1. The Balaban J connectivity index is 1.14. The van der Waals surface area contributed by atoms with Crippen LogP contribution in [0.2, 0.25) is 5.02 Å². The molecule has 238 valence electrons. The van der Waals surface area contributed by atoms with Gasteiger partial charge in [-0.05, 0) is 92.8 Å². The average molecular weight is 632 g/mol. The first kappa shape index (κ1) is 31.3. The van der Waals surface area contributed by atoms with E-state index in [4.69, 9.17) is 20.8 Å². The maximum Gasteiger partial charge on any atom is 0.287 e. The Morgan fingerprint density at radius 3 is 2.60 bits per heavy atom. The van der Waals surface area contributed by atoms with Gasteiger partial charge in [0.2, 0.25) is 0 Å². The van der Waals surface area contributed by atoms with Crippen LogP contribution in [0.25, 0.3) is 11.0 Å². The monoisotopic (exact) mass is 631 g/mol. The summed E-state index contributed by atoms with van der Waals surface area (Å²) in [4.78, 5) is 33.0. The lowest BCUT2D eigenvalue weighted by molar-refractivity contribution is 0.0104. The number of hydrogen-bond donors (Lipinski definition) is 1. The maximum atomic E-state index is 13.5. The number of nitrogens with one attached hydrogen (secondary N) is 1. The van der Waals surface area contributed by atoms with Gasteiger partial charge < -0.3 is 19.4 Å². The number of fused-ring (bicyclic) bond motifs is 1. The summed E-state index contributed by atoms with van der Waals surface area (Å²) in [5, 5.41) is 8.72. The molecule has 2 aliphatic rings. The van der Waals surface area contributed by atoms with Gasteiger partial charge in [-0.25, -0.2) is 4.98 Å². The molecule has 1 saturated heterocycles. The molecule has 1 N–H and O–H groups in total. The number of carbonyl (C=O) groups excluding carboxylic acids is 1. The van der Waals surface area contributed by atoms with E-state index in [-0.39, 0.29) is 22.6 Å². The highest BCUT2D eigenvalue weighted by Crippen LogP contribution is 2.47. The highest BCUT2D eigenvalue weighted by molar-refractivity contribution is 6.30. The van der Waals surface area contributed by atoms with E-state index in [1.807, 2.05) is 35.3 Å². The number of piperidine rings is 1. The number of amides is 1. The molecule has 45 heavy (non-hydrogen) atoms. The van der Waals surface area contributed by atoms with Crippen LogP contribution in [0.5, 0.6) is 5.75 Å². The number of nitrogens with zero attached hydrogens (tertiary/aromatic N) is 4. The Kier molecular flexibility index (Phi) is 9.85. The van der Waals surface area contributed by atoms with Crippen LogP contribution in [0.4, 0.5) is 0 Å². The molecule has 2 fully saturated rings. The van der Waals surface area contributed by atoms with Gasteiger partial charge in [0.05, 0.1) is 12.5 Å². The minimum Gasteiger partial charge on any atom is -0.497 e. The lowest BCUT2D eigenvalue weighted by atomic mass is 9.63. The number of carbonyl (C=O) groups is 1. The van der Waals surface area contributed by atoms with Gasteiger partial charge in [-0.15, -0.1) is 0 Å². The fraction of sp³-hybridized carbons (Fsp3) is 0.486. The fourth-order valence-corrected chi connectivity index (χ4v) is 7.49. The van der Waals surface area contributed by atoms with Crippen molar-refractivity contribution in [2.24, 2.45) is 11.3 Å². The quantitative estimate of drug-likeness (QED) is 0.212. The van der Waals surface area contributed by atoms with Gasteiger partial charge in [-0.3, -0.25) is 14.3 Å². The standard InChI is InChI=1S/C35H42ClN5O4/c1-44-29-11-12-30-31(42)21-33(45-32(30)20-29)34(43)39-28(19-25-7-9-27(36)10-8-25)13-16-40-17-14-35(15-18-40,22-41-24-37-23-38-41)26-5-3-2-4-6-26/h7-12,20-21,23-24,26,28H,2-6,13-19,22H2,1H3,(H,39,43)/t28-/m1/s1. The molecule has 4 aromatic rings. The molecule has 1 aliphatic carbocycles. The molecule has 1 saturated carbocycles. The minimum atomic E-state index is -0.404. The lowest BCUT2D eigenvalue weighted by Gasteiger charge is -2.48. The van der Waals surface area contributed by atoms with Gasteiger partial charge in [-0.1, -0.05) is 43.0 Å². The SMILES string of the molecule is COc1ccc2c(=O)cc(C(=O)N[C@H](CCN3CCC(Cn4cncn4)(C4CCCCC4)CC3)Cc3ccc(Cl)cc3)oc2c1. The zero-order valence-corrected chi connectivity index (χ0v) is 26.7. The Bertz CT molecular complexity index is 1620. The summed E-state index contributed by atoms with van der Waals surface area (Å²) in [6.45, 7) is 3.84. The summed E-state index contributed by atoms with van der Waals surface area (Å²) in [6.07, 6.45) is 13.8. The largest absolute Gasteiger partial charge is 0.497 e. The third-order valence-electron chi connectivity index (χ3n) is 9.95. The van der Waals surface area contributed by atoms with E-state index in [9.17, 15) is 9.59 Å². The Morgan fingerprint density at radius 2 is 1.89 bits per heavy atom. The van der Waals surface area contributed by atoms with Crippen LogP contribution in [0, 0.1) is 11.3 Å². The molecule has 0 spiro atoms. The van der Waals surface area contributed by atoms with E-state index < -0.39 is 5.91 Å². The van der Waals surface area contributed by atoms with Crippen LogP contribution >= 0.6 is 11.6 Å². The lowest BCUT2D eigenvalue weighted by Crippen LogP contribution is -2.48. The Morgan fingerprint density at radius 1 is 1.11 bits per heavy atom. The second-order valence-electron chi connectivity index (χ2n) is 12.8. The molecule has 9 nitrogen and oxygen atoms in total. The second kappa shape index (κ2) is 14.2. The molecule has 0 bridgehead atoms. The summed E-state index contributed by atoms with van der Waals surface area (Å²) in [5.74, 6) is 0.869. The van der Waals surface area contributed by atoms with Gasteiger partial charge in [0.15, 0.2) is 11.2 Å². The summed E-state index contributed by atoms with van der Waals surface area (Å²) >= 11 is 6.15. The first-order valence-corrected chi connectivity index (χ1v) is 16.5. The van der Waals surface area contributed by atoms with E-state index in [0.29, 0.717) is 28.2 Å². The summed E-state index contributed by atoms with van der Waals surface area (Å²) in [7, 11) is 1.55. The summed E-state index contributed by atoms with van der Waals surface area (Å²) in [5.41, 5.74) is 1.38. The molecule has 0 radical (unpaired) electrons. The molecule has 6 rings (SSSR count). The highest BCUT2D eigenvalue weighted by Gasteiger charge is 2.42. The van der Waals surface area contributed by atoms with Crippen molar-refractivity contribution in [2.75, 3.05) is 26.7 Å². The molecule has 0 unspecified atom stereocenters. The summed E-state index contributed by atoms with van der Waals surface area (Å²) < 4.78 is 13.2. The van der Waals surface area contributed by atoms with Crippen molar-refractivity contribution < 1.29 is 13.9 Å². The number of benzene rings is 2. The smallest absolute Gasteiger partial charge is 0.287 e. The van der Waals surface area contributed by atoms with Crippen LogP contribution in [0.1, 0.15) is 67.5 Å². The number of hydrogen-bond acceptors (Lipinski definition) is 7. The van der Waals surface area contributed by atoms with Crippen molar-refractivity contribution >= 4 is 28.5 Å². The average Bonchev–Trinajstić information content (AvgIpc) is 3.58. The molecular formula is C35H42ClN5O4. The van der Waals surface area contributed by atoms with Gasteiger partial charge in [-0.2, -0.15) is 5.10 Å². The first-order valence-electron chi connectivity index (χ1n) is 16.1. The zero-order chi connectivity index (χ0) is 31.2. The molecule has 2 aromatic heterocycles. The van der Waals surface area contributed by atoms with Gasteiger partial charge in [0, 0.05) is 36.3 Å². The van der Waals surface area contributed by atoms with Crippen LogP contribution in [0.15, 0.2) is 70.4 Å². The minimum absolute atomic E-state index is 0.00907. The number of likely N-dealkylation sites (tertiary alicyclic amines) is 1. The highest BCUT2D eigenvalue weighted by atomic mass is 35.5.